The van der Waals surface area contributed by atoms with Crippen molar-refractivity contribution >= 4 is 38.9 Å². The second-order valence-electron chi connectivity index (χ2n) is 7.10. The average Bonchev–Trinajstić information content (AvgIpc) is 2.74. The van der Waals surface area contributed by atoms with E-state index < -0.39 is 27.5 Å². The predicted octanol–water partition coefficient (Wildman–Crippen LogP) is 3.75. The van der Waals surface area contributed by atoms with Gasteiger partial charge < -0.3 is 10.1 Å². The molecule has 0 bridgehead atoms. The van der Waals surface area contributed by atoms with Crippen LogP contribution in [0.1, 0.15) is 24.8 Å². The fraction of sp³-hybridized carbons (Fsp3) is 0.350. The van der Waals surface area contributed by atoms with Crippen LogP contribution in [0.2, 0.25) is 5.02 Å². The summed E-state index contributed by atoms with van der Waals surface area (Å²) in [6.45, 7) is 2.10. The summed E-state index contributed by atoms with van der Waals surface area (Å²) in [6, 6.07) is 8.48. The Bertz CT molecular complexity index is 1100. The molecule has 0 aromatic heterocycles. The van der Waals surface area contributed by atoms with E-state index >= 15 is 0 Å². The van der Waals surface area contributed by atoms with E-state index in [9.17, 15) is 23.3 Å². The van der Waals surface area contributed by atoms with Crippen LogP contribution in [0, 0.1) is 17.0 Å². The van der Waals surface area contributed by atoms with Crippen molar-refractivity contribution in [1.82, 2.24) is 4.31 Å². The Kier molecular flexibility index (Phi) is 7.14. The largest absolute Gasteiger partial charge is 0.482 e. The van der Waals surface area contributed by atoms with E-state index in [-0.39, 0.29) is 21.4 Å². The van der Waals surface area contributed by atoms with Crippen LogP contribution in [0.3, 0.4) is 0 Å². The molecule has 9 nitrogen and oxygen atoms in total. The first-order valence-electron chi connectivity index (χ1n) is 9.66. The molecule has 1 N–H and O–H groups in total. The highest BCUT2D eigenvalue weighted by molar-refractivity contribution is 7.89. The number of nitrogens with one attached hydrogen (secondary N) is 1. The first-order chi connectivity index (χ1) is 14.7. The number of carbonyl (C=O) groups is 1. The molecule has 3 rings (SSSR count). The fourth-order valence-corrected chi connectivity index (χ4v) is 5.14. The van der Waals surface area contributed by atoms with Crippen LogP contribution in [-0.4, -0.2) is 43.2 Å². The van der Waals surface area contributed by atoms with Gasteiger partial charge in [-0.2, -0.15) is 4.31 Å². The molecule has 11 heteroatoms. The molecule has 0 spiro atoms. The van der Waals surface area contributed by atoms with Gasteiger partial charge in [0.15, 0.2) is 6.61 Å². The Morgan fingerprint density at radius 2 is 1.94 bits per heavy atom. The van der Waals surface area contributed by atoms with Gasteiger partial charge >= 0.3 is 0 Å². The lowest BCUT2D eigenvalue weighted by molar-refractivity contribution is -0.385. The molecule has 1 amide bonds. The van der Waals surface area contributed by atoms with E-state index in [0.29, 0.717) is 24.3 Å². The molecular formula is C20H22ClN3O6S. The number of amides is 1. The molecule has 0 saturated carbocycles. The van der Waals surface area contributed by atoms with Gasteiger partial charge in [0, 0.05) is 19.2 Å². The molecular weight excluding hydrogens is 446 g/mol. The van der Waals surface area contributed by atoms with E-state index in [1.54, 1.807) is 6.07 Å². The number of rotatable bonds is 7. The number of hydrogen-bond acceptors (Lipinski definition) is 6. The van der Waals surface area contributed by atoms with E-state index in [1.807, 2.05) is 0 Å². The van der Waals surface area contributed by atoms with Gasteiger partial charge in [-0.3, -0.25) is 14.9 Å². The maximum absolute atomic E-state index is 12.7. The Hall–Kier alpha value is -2.69. The number of carbonyl (C=O) groups excluding carboxylic acids is 1. The van der Waals surface area contributed by atoms with Crippen molar-refractivity contribution in [1.29, 1.82) is 0 Å². The number of nitro groups is 1. The van der Waals surface area contributed by atoms with Gasteiger partial charge in [0.25, 0.3) is 11.6 Å². The maximum atomic E-state index is 12.7. The number of anilines is 1. The lowest BCUT2D eigenvalue weighted by Crippen LogP contribution is -2.35. The summed E-state index contributed by atoms with van der Waals surface area (Å²) >= 11 is 6.18. The maximum Gasteiger partial charge on any atom is 0.274 e. The summed E-state index contributed by atoms with van der Waals surface area (Å²) in [5.41, 5.74) is 0.523. The molecule has 2 aromatic carbocycles. The number of nitrogens with zero attached hydrogens (tertiary/aromatic N) is 2. The normalized spacial score (nSPS) is 14.8. The smallest absolute Gasteiger partial charge is 0.274 e. The summed E-state index contributed by atoms with van der Waals surface area (Å²) in [6.07, 6.45) is 2.66. The lowest BCUT2D eigenvalue weighted by atomic mass is 10.1. The molecule has 1 aliphatic rings. The zero-order valence-electron chi connectivity index (χ0n) is 16.8. The van der Waals surface area contributed by atoms with E-state index in [2.05, 4.69) is 5.32 Å². The standard InChI is InChI=1S/C20H22ClN3O6S/c1-14-17(6-5-7-18(14)24(26)27)22-20(25)13-30-19-9-8-15(12-16(19)21)31(28,29)23-10-3-2-4-11-23/h5-9,12H,2-4,10-11,13H2,1H3,(H,22,25). The molecule has 1 heterocycles. The van der Waals surface area contributed by atoms with E-state index in [0.717, 1.165) is 19.3 Å². The number of hydrogen-bond donors (Lipinski definition) is 1. The molecule has 1 aliphatic heterocycles. The quantitative estimate of drug-likeness (QED) is 0.489. The van der Waals surface area contributed by atoms with Gasteiger partial charge in [0.2, 0.25) is 10.0 Å². The molecule has 0 unspecified atom stereocenters. The van der Waals surface area contributed by atoms with Crippen molar-refractivity contribution in [3.8, 4) is 5.75 Å². The Labute approximate surface area is 185 Å². The Morgan fingerprint density at radius 1 is 1.23 bits per heavy atom. The molecule has 0 aliphatic carbocycles. The molecule has 31 heavy (non-hydrogen) atoms. The first kappa shape index (κ1) is 23.0. The van der Waals surface area contributed by atoms with Gasteiger partial charge in [-0.05, 0) is 44.0 Å². The van der Waals surface area contributed by atoms with E-state index in [1.165, 1.54) is 41.6 Å². The lowest BCUT2D eigenvalue weighted by Gasteiger charge is -2.26. The zero-order valence-corrected chi connectivity index (χ0v) is 18.4. The van der Waals surface area contributed by atoms with E-state index in [4.69, 9.17) is 16.3 Å². The van der Waals surface area contributed by atoms with Gasteiger partial charge in [-0.1, -0.05) is 24.1 Å². The van der Waals surface area contributed by atoms with Crippen molar-refractivity contribution in [2.24, 2.45) is 0 Å². The van der Waals surface area contributed by atoms with Gasteiger partial charge in [-0.15, -0.1) is 0 Å². The third kappa shape index (κ3) is 5.33. The van der Waals surface area contributed by atoms with Crippen molar-refractivity contribution in [3.63, 3.8) is 0 Å². The minimum absolute atomic E-state index is 0.0670. The molecule has 0 atom stereocenters. The number of ether oxygens (including phenoxy) is 1. The summed E-state index contributed by atoms with van der Waals surface area (Å²) in [5.74, 6) is -0.380. The number of piperidine rings is 1. The molecule has 1 fully saturated rings. The predicted molar refractivity (Wildman–Crippen MR) is 116 cm³/mol. The summed E-state index contributed by atoms with van der Waals surface area (Å²) in [7, 11) is -3.63. The SMILES string of the molecule is Cc1c(NC(=O)COc2ccc(S(=O)(=O)N3CCCCC3)cc2Cl)cccc1[N+](=O)[O-]. The summed E-state index contributed by atoms with van der Waals surface area (Å²) in [5, 5.41) is 13.6. The van der Waals surface area contributed by atoms with Crippen LogP contribution in [-0.2, 0) is 14.8 Å². The minimum Gasteiger partial charge on any atom is -0.482 e. The van der Waals surface area contributed by atoms with Crippen molar-refractivity contribution in [2.75, 3.05) is 25.0 Å². The first-order valence-corrected chi connectivity index (χ1v) is 11.5. The zero-order chi connectivity index (χ0) is 22.6. The Morgan fingerprint density at radius 3 is 2.58 bits per heavy atom. The topological polar surface area (TPSA) is 119 Å². The number of nitro benzene ring substituents is 1. The summed E-state index contributed by atoms with van der Waals surface area (Å²) in [4.78, 5) is 22.8. The highest BCUT2D eigenvalue weighted by Gasteiger charge is 2.26. The van der Waals surface area contributed by atoms with Crippen LogP contribution >= 0.6 is 11.6 Å². The second kappa shape index (κ2) is 9.63. The number of halogens is 1. The molecule has 166 valence electrons. The van der Waals surface area contributed by atoms with Crippen LogP contribution in [0.4, 0.5) is 11.4 Å². The van der Waals surface area contributed by atoms with Gasteiger partial charge in [-0.25, -0.2) is 8.42 Å². The minimum atomic E-state index is -3.63. The molecule has 2 aromatic rings. The van der Waals surface area contributed by atoms with Gasteiger partial charge in [0.1, 0.15) is 5.75 Å². The monoisotopic (exact) mass is 467 g/mol. The Balaban J connectivity index is 1.65. The van der Waals surface area contributed by atoms with Crippen molar-refractivity contribution < 1.29 is 22.9 Å². The van der Waals surface area contributed by atoms with Crippen molar-refractivity contribution in [2.45, 2.75) is 31.1 Å². The van der Waals surface area contributed by atoms with Crippen LogP contribution in [0.15, 0.2) is 41.3 Å². The van der Waals surface area contributed by atoms with Crippen LogP contribution in [0.5, 0.6) is 5.75 Å². The average molecular weight is 468 g/mol. The van der Waals surface area contributed by atoms with Crippen LogP contribution < -0.4 is 10.1 Å². The third-order valence-electron chi connectivity index (χ3n) is 4.99. The fourth-order valence-electron chi connectivity index (χ4n) is 3.30. The summed E-state index contributed by atoms with van der Waals surface area (Å²) < 4.78 is 32.3. The number of sulfonamides is 1. The molecule has 0 radical (unpaired) electrons. The van der Waals surface area contributed by atoms with Crippen molar-refractivity contribution in [3.05, 3.63) is 57.1 Å². The van der Waals surface area contributed by atoms with Gasteiger partial charge in [0.05, 0.1) is 26.1 Å². The second-order valence-corrected chi connectivity index (χ2v) is 9.45. The molecule has 1 saturated heterocycles. The van der Waals surface area contributed by atoms with Crippen LogP contribution in [0.25, 0.3) is 0 Å². The third-order valence-corrected chi connectivity index (χ3v) is 7.18. The highest BCUT2D eigenvalue weighted by Crippen LogP contribution is 2.30. The number of benzene rings is 2. The highest BCUT2D eigenvalue weighted by atomic mass is 35.5.